The molecule has 0 aliphatic heterocycles. The molecular formula is C20H25N3O5S2. The number of nitrogens with zero attached hydrogens (tertiary/aromatic N) is 1. The first-order valence-corrected chi connectivity index (χ1v) is 12.9. The van der Waals surface area contributed by atoms with Crippen molar-refractivity contribution < 1.29 is 21.6 Å². The van der Waals surface area contributed by atoms with Gasteiger partial charge < -0.3 is 15.5 Å². The van der Waals surface area contributed by atoms with Crippen LogP contribution >= 0.6 is 0 Å². The van der Waals surface area contributed by atoms with E-state index in [-0.39, 0.29) is 4.90 Å². The molecule has 0 radical (unpaired) electrons. The Balaban J connectivity index is 2.10. The summed E-state index contributed by atoms with van der Waals surface area (Å²) in [6.45, 7) is 3.56. The summed E-state index contributed by atoms with van der Waals surface area (Å²) >= 11 is 0. The van der Waals surface area contributed by atoms with Crippen molar-refractivity contribution in [1.82, 2.24) is 9.97 Å². The highest BCUT2D eigenvalue weighted by atomic mass is 32.2. The molecule has 0 spiro atoms. The van der Waals surface area contributed by atoms with E-state index in [0.717, 1.165) is 18.1 Å². The smallest absolute Gasteiger partial charge is 0.175 e. The summed E-state index contributed by atoms with van der Waals surface area (Å²) < 4.78 is 52.9. The van der Waals surface area contributed by atoms with Crippen LogP contribution in [0.5, 0.6) is 5.75 Å². The maximum Gasteiger partial charge on any atom is 0.175 e. The number of imidazole rings is 1. The minimum Gasteiger partial charge on any atom is -0.496 e. The van der Waals surface area contributed by atoms with E-state index in [0.29, 0.717) is 28.2 Å². The number of aromatic amines is 1. The molecule has 0 aliphatic rings. The Morgan fingerprint density at radius 2 is 1.73 bits per heavy atom. The number of ether oxygens (including phenoxy) is 1. The summed E-state index contributed by atoms with van der Waals surface area (Å²) in [6.07, 6.45) is 2.26. The fourth-order valence-electron chi connectivity index (χ4n) is 3.34. The lowest BCUT2D eigenvalue weighted by atomic mass is 9.84. The lowest BCUT2D eigenvalue weighted by Crippen LogP contribution is -2.46. The van der Waals surface area contributed by atoms with E-state index in [4.69, 9.17) is 10.5 Å². The summed E-state index contributed by atoms with van der Waals surface area (Å²) in [5.74, 6) is 0.876. The lowest BCUT2D eigenvalue weighted by molar-refractivity contribution is 0.415. The molecule has 3 aromatic rings. The molecule has 10 heteroatoms. The second-order valence-electron chi connectivity index (χ2n) is 7.92. The monoisotopic (exact) mass is 451 g/mol. The molecule has 1 heterocycles. The van der Waals surface area contributed by atoms with Gasteiger partial charge in [-0.15, -0.1) is 0 Å². The Morgan fingerprint density at radius 1 is 1.07 bits per heavy atom. The number of sulfone groups is 2. The molecule has 2 aromatic carbocycles. The van der Waals surface area contributed by atoms with Crippen LogP contribution in [0.2, 0.25) is 0 Å². The van der Waals surface area contributed by atoms with Crippen LogP contribution in [-0.4, -0.2) is 51.8 Å². The van der Waals surface area contributed by atoms with Crippen LogP contribution in [0.4, 0.5) is 0 Å². The zero-order chi connectivity index (χ0) is 22.5. The van der Waals surface area contributed by atoms with Crippen molar-refractivity contribution in [3.05, 3.63) is 42.0 Å². The van der Waals surface area contributed by atoms with Gasteiger partial charge in [0.05, 0.1) is 28.6 Å². The van der Waals surface area contributed by atoms with Gasteiger partial charge in [0.15, 0.2) is 19.7 Å². The number of nitrogens with one attached hydrogen (secondary N) is 1. The molecule has 0 saturated heterocycles. The van der Waals surface area contributed by atoms with Crippen LogP contribution in [0, 0.1) is 0 Å². The Hall–Kier alpha value is -2.43. The van der Waals surface area contributed by atoms with Gasteiger partial charge in [-0.1, -0.05) is 19.9 Å². The second-order valence-corrected chi connectivity index (χ2v) is 12.1. The topological polar surface area (TPSA) is 132 Å². The third-order valence-electron chi connectivity index (χ3n) is 5.25. The SMILES string of the molecule is COc1cc(S(C)(=O)=O)ccc1-c1nc2ccc(C(C)(C)C(N)S(C)(=O)=O)cc2[nH]1. The highest BCUT2D eigenvalue weighted by Gasteiger charge is 2.35. The predicted molar refractivity (Wildman–Crippen MR) is 117 cm³/mol. The Labute approximate surface area is 176 Å². The van der Waals surface area contributed by atoms with Gasteiger partial charge in [-0.2, -0.15) is 0 Å². The van der Waals surface area contributed by atoms with Crippen molar-refractivity contribution >= 4 is 30.7 Å². The van der Waals surface area contributed by atoms with Crippen LogP contribution < -0.4 is 10.5 Å². The standard InChI is InChI=1S/C20H25N3O5S2/c1-20(2,19(21)30(5,26)27)12-6-9-15-16(10-12)23-18(22-15)14-8-7-13(29(4,24)25)11-17(14)28-3/h6-11,19H,21H2,1-5H3,(H,22,23). The van der Waals surface area contributed by atoms with Crippen molar-refractivity contribution in [1.29, 1.82) is 0 Å². The fourth-order valence-corrected chi connectivity index (χ4v) is 5.18. The highest BCUT2D eigenvalue weighted by Crippen LogP contribution is 2.34. The Kier molecular flexibility index (Phi) is 5.46. The summed E-state index contributed by atoms with van der Waals surface area (Å²) in [4.78, 5) is 7.92. The molecule has 1 aromatic heterocycles. The number of hydrogen-bond donors (Lipinski definition) is 2. The van der Waals surface area contributed by atoms with E-state index in [9.17, 15) is 16.8 Å². The molecule has 0 saturated carbocycles. The molecule has 30 heavy (non-hydrogen) atoms. The number of rotatable bonds is 6. The van der Waals surface area contributed by atoms with Crippen LogP contribution in [0.1, 0.15) is 19.4 Å². The summed E-state index contributed by atoms with van der Waals surface area (Å²) in [7, 11) is -5.35. The third kappa shape index (κ3) is 4.07. The number of hydrogen-bond acceptors (Lipinski definition) is 7. The molecular weight excluding hydrogens is 426 g/mol. The predicted octanol–water partition coefficient (Wildman–Crippen LogP) is 2.25. The van der Waals surface area contributed by atoms with Crippen LogP contribution in [0.15, 0.2) is 41.3 Å². The van der Waals surface area contributed by atoms with E-state index in [1.807, 2.05) is 12.1 Å². The molecule has 3 rings (SSSR count). The van der Waals surface area contributed by atoms with Gasteiger partial charge in [-0.3, -0.25) is 0 Å². The fraction of sp³-hybridized carbons (Fsp3) is 0.350. The molecule has 162 valence electrons. The molecule has 0 bridgehead atoms. The number of H-pyrrole nitrogens is 1. The Bertz CT molecular complexity index is 1330. The maximum absolute atomic E-state index is 12.0. The molecule has 0 aliphatic carbocycles. The number of fused-ring (bicyclic) bond motifs is 1. The number of aromatic nitrogens is 2. The number of methoxy groups -OCH3 is 1. The van der Waals surface area contributed by atoms with E-state index >= 15 is 0 Å². The van der Waals surface area contributed by atoms with Gasteiger partial charge in [0.2, 0.25) is 0 Å². The molecule has 3 N–H and O–H groups in total. The van der Waals surface area contributed by atoms with Crippen molar-refractivity contribution in [3.8, 4) is 17.1 Å². The van der Waals surface area contributed by atoms with E-state index < -0.39 is 30.5 Å². The third-order valence-corrected chi connectivity index (χ3v) is 7.88. The first-order valence-electron chi connectivity index (χ1n) is 9.08. The molecule has 0 fully saturated rings. The zero-order valence-electron chi connectivity index (χ0n) is 17.4. The van der Waals surface area contributed by atoms with Crippen molar-refractivity contribution in [2.75, 3.05) is 19.6 Å². The normalized spacial score (nSPS) is 14.1. The minimum atomic E-state index is -3.44. The zero-order valence-corrected chi connectivity index (χ0v) is 19.1. The second kappa shape index (κ2) is 7.36. The first kappa shape index (κ1) is 22.3. The average Bonchev–Trinajstić information content (AvgIpc) is 3.08. The average molecular weight is 452 g/mol. The van der Waals surface area contributed by atoms with Crippen LogP contribution in [-0.2, 0) is 25.1 Å². The lowest BCUT2D eigenvalue weighted by Gasteiger charge is -2.30. The van der Waals surface area contributed by atoms with E-state index in [1.165, 1.54) is 19.2 Å². The largest absolute Gasteiger partial charge is 0.496 e. The van der Waals surface area contributed by atoms with Crippen molar-refractivity contribution in [2.45, 2.75) is 29.5 Å². The van der Waals surface area contributed by atoms with E-state index in [1.54, 1.807) is 26.0 Å². The summed E-state index contributed by atoms with van der Waals surface area (Å²) in [5.41, 5.74) is 7.92. The van der Waals surface area contributed by atoms with Crippen LogP contribution in [0.3, 0.4) is 0 Å². The van der Waals surface area contributed by atoms with Gasteiger partial charge in [0.1, 0.15) is 16.9 Å². The molecule has 8 nitrogen and oxygen atoms in total. The van der Waals surface area contributed by atoms with Gasteiger partial charge in [0.25, 0.3) is 0 Å². The summed E-state index contributed by atoms with van der Waals surface area (Å²) in [5, 5.41) is -1.06. The van der Waals surface area contributed by atoms with Gasteiger partial charge in [-0.05, 0) is 35.9 Å². The Morgan fingerprint density at radius 3 is 2.30 bits per heavy atom. The molecule has 1 unspecified atom stereocenters. The quantitative estimate of drug-likeness (QED) is 0.587. The van der Waals surface area contributed by atoms with Gasteiger partial charge in [0, 0.05) is 17.9 Å². The number of benzene rings is 2. The van der Waals surface area contributed by atoms with Crippen molar-refractivity contribution in [2.24, 2.45) is 5.73 Å². The first-order chi connectivity index (χ1) is 13.7. The van der Waals surface area contributed by atoms with Crippen LogP contribution in [0.25, 0.3) is 22.4 Å². The highest BCUT2D eigenvalue weighted by molar-refractivity contribution is 7.91. The van der Waals surface area contributed by atoms with Gasteiger partial charge in [-0.25, -0.2) is 21.8 Å². The molecule has 0 amide bonds. The van der Waals surface area contributed by atoms with Crippen molar-refractivity contribution in [3.63, 3.8) is 0 Å². The summed E-state index contributed by atoms with van der Waals surface area (Å²) in [6, 6.07) is 10.0. The van der Waals surface area contributed by atoms with Gasteiger partial charge >= 0.3 is 0 Å². The minimum absolute atomic E-state index is 0.151. The van der Waals surface area contributed by atoms with E-state index in [2.05, 4.69) is 9.97 Å². The maximum atomic E-state index is 12.0. The molecule has 1 atom stereocenters. The number of nitrogens with two attached hydrogens (primary N) is 1.